The van der Waals surface area contributed by atoms with E-state index in [9.17, 15) is 9.59 Å². The summed E-state index contributed by atoms with van der Waals surface area (Å²) in [5, 5.41) is 9.34. The molecule has 4 aromatic rings. The largest absolute Gasteiger partial charge is 0.462 e. The van der Waals surface area contributed by atoms with Gasteiger partial charge in [-0.1, -0.05) is 67.9 Å². The second kappa shape index (κ2) is 14.9. The summed E-state index contributed by atoms with van der Waals surface area (Å²) in [5.74, 6) is -0.537. The lowest BCUT2D eigenvalue weighted by molar-refractivity contribution is -0.115. The van der Waals surface area contributed by atoms with Crippen molar-refractivity contribution in [2.24, 2.45) is 0 Å². The van der Waals surface area contributed by atoms with Gasteiger partial charge in [0.15, 0.2) is 5.11 Å². The maximum Gasteiger partial charge on any atom is 0.338 e. The van der Waals surface area contributed by atoms with E-state index in [0.29, 0.717) is 23.0 Å². The Morgan fingerprint density at radius 3 is 2.10 bits per heavy atom. The minimum absolute atomic E-state index is 0.172. The third-order valence-electron chi connectivity index (χ3n) is 5.84. The first kappa shape index (κ1) is 28.9. The minimum Gasteiger partial charge on any atom is -0.462 e. The molecular formula is C32H31N3O3S2. The van der Waals surface area contributed by atoms with Crippen LogP contribution in [0.25, 0.3) is 0 Å². The molecule has 0 aromatic heterocycles. The lowest BCUT2D eigenvalue weighted by atomic mass is 10.1. The number of ether oxygens (including phenoxy) is 1. The van der Waals surface area contributed by atoms with Gasteiger partial charge in [0, 0.05) is 22.0 Å². The maximum absolute atomic E-state index is 13.5. The van der Waals surface area contributed by atoms with Crippen molar-refractivity contribution in [2.45, 2.75) is 29.9 Å². The molecule has 0 bridgehead atoms. The Morgan fingerprint density at radius 2 is 1.40 bits per heavy atom. The number of anilines is 3. The second-order valence-electron chi connectivity index (χ2n) is 8.94. The van der Waals surface area contributed by atoms with Crippen molar-refractivity contribution in [3.8, 4) is 0 Å². The molecule has 0 saturated carbocycles. The third-order valence-corrected chi connectivity index (χ3v) is 7.29. The topological polar surface area (TPSA) is 79.5 Å². The molecule has 0 aliphatic carbocycles. The van der Waals surface area contributed by atoms with Crippen LogP contribution in [0.2, 0.25) is 0 Å². The summed E-state index contributed by atoms with van der Waals surface area (Å²) in [6.07, 6.45) is 1.78. The van der Waals surface area contributed by atoms with E-state index in [2.05, 4.69) is 16.0 Å². The van der Waals surface area contributed by atoms with Crippen LogP contribution in [-0.4, -0.2) is 23.6 Å². The summed E-state index contributed by atoms with van der Waals surface area (Å²) in [6, 6.07) is 33.9. The number of benzene rings is 4. The van der Waals surface area contributed by atoms with Crippen LogP contribution in [0.15, 0.2) is 114 Å². The normalized spacial score (nSPS) is 11.2. The van der Waals surface area contributed by atoms with Crippen molar-refractivity contribution in [2.75, 3.05) is 22.6 Å². The van der Waals surface area contributed by atoms with Crippen LogP contribution >= 0.6 is 24.0 Å². The first-order valence-electron chi connectivity index (χ1n) is 13.0. The first-order chi connectivity index (χ1) is 19.5. The Balaban J connectivity index is 1.44. The Bertz CT molecular complexity index is 1410. The van der Waals surface area contributed by atoms with Gasteiger partial charge < -0.3 is 20.7 Å². The number of rotatable bonds is 11. The summed E-state index contributed by atoms with van der Waals surface area (Å²) in [4.78, 5) is 26.6. The van der Waals surface area contributed by atoms with E-state index in [0.717, 1.165) is 34.7 Å². The molecule has 0 heterocycles. The number of esters is 1. The van der Waals surface area contributed by atoms with E-state index in [1.807, 2.05) is 91.9 Å². The standard InChI is InChI=1S/C32H31N3O3S2/c1-2-3-21-38-31(37)24-17-19-26(20-18-24)33-30(36)29(23-11-6-4-7-12-23)40-28-16-10-15-27(22-28)35-32(39)34-25-13-8-5-9-14-25/h4-20,22,29H,2-3,21H2,1H3,(H,33,36)(H2,34,35,39). The smallest absolute Gasteiger partial charge is 0.338 e. The second-order valence-corrected chi connectivity index (χ2v) is 10.5. The summed E-state index contributed by atoms with van der Waals surface area (Å²) < 4.78 is 5.27. The van der Waals surface area contributed by atoms with E-state index in [1.54, 1.807) is 24.3 Å². The van der Waals surface area contributed by atoms with Crippen LogP contribution in [0.5, 0.6) is 0 Å². The number of carbonyl (C=O) groups excluding carboxylic acids is 2. The van der Waals surface area contributed by atoms with Crippen molar-refractivity contribution < 1.29 is 14.3 Å². The molecule has 40 heavy (non-hydrogen) atoms. The van der Waals surface area contributed by atoms with Gasteiger partial charge in [0.05, 0.1) is 12.2 Å². The molecule has 0 aliphatic rings. The number of amides is 1. The molecule has 8 heteroatoms. The van der Waals surface area contributed by atoms with Gasteiger partial charge >= 0.3 is 5.97 Å². The van der Waals surface area contributed by atoms with Gasteiger partial charge in [0.25, 0.3) is 0 Å². The number of carbonyl (C=O) groups is 2. The number of hydrogen-bond donors (Lipinski definition) is 3. The highest BCUT2D eigenvalue weighted by Crippen LogP contribution is 2.37. The van der Waals surface area contributed by atoms with Gasteiger partial charge in [-0.2, -0.15) is 0 Å². The van der Waals surface area contributed by atoms with Gasteiger partial charge in [-0.05, 0) is 78.8 Å². The molecule has 0 radical (unpaired) electrons. The molecule has 4 rings (SSSR count). The highest BCUT2D eigenvalue weighted by molar-refractivity contribution is 8.00. The average molecular weight is 570 g/mol. The van der Waals surface area contributed by atoms with Crippen LogP contribution in [-0.2, 0) is 9.53 Å². The van der Waals surface area contributed by atoms with E-state index in [1.165, 1.54) is 11.8 Å². The van der Waals surface area contributed by atoms with E-state index in [4.69, 9.17) is 17.0 Å². The number of para-hydroxylation sites is 1. The molecule has 1 amide bonds. The minimum atomic E-state index is -0.510. The van der Waals surface area contributed by atoms with Crippen molar-refractivity contribution in [1.82, 2.24) is 0 Å². The number of thioether (sulfide) groups is 1. The summed E-state index contributed by atoms with van der Waals surface area (Å²) in [7, 11) is 0. The Labute approximate surface area is 244 Å². The Kier molecular flexibility index (Phi) is 10.7. The fourth-order valence-electron chi connectivity index (χ4n) is 3.79. The monoisotopic (exact) mass is 569 g/mol. The highest BCUT2D eigenvalue weighted by Gasteiger charge is 2.22. The zero-order chi connectivity index (χ0) is 28.2. The lowest BCUT2D eigenvalue weighted by Crippen LogP contribution is -2.19. The number of hydrogen-bond acceptors (Lipinski definition) is 5. The van der Waals surface area contributed by atoms with Gasteiger partial charge in [0.1, 0.15) is 5.25 Å². The molecule has 0 fully saturated rings. The molecular weight excluding hydrogens is 539 g/mol. The average Bonchev–Trinajstić information content (AvgIpc) is 2.97. The fourth-order valence-corrected chi connectivity index (χ4v) is 5.11. The van der Waals surface area contributed by atoms with Crippen molar-refractivity contribution in [3.63, 3.8) is 0 Å². The molecule has 1 unspecified atom stereocenters. The molecule has 0 saturated heterocycles. The Morgan fingerprint density at radius 1 is 0.775 bits per heavy atom. The van der Waals surface area contributed by atoms with Gasteiger partial charge in [-0.25, -0.2) is 4.79 Å². The molecule has 4 aromatic carbocycles. The lowest BCUT2D eigenvalue weighted by Gasteiger charge is -2.18. The summed E-state index contributed by atoms with van der Waals surface area (Å²) in [5.41, 5.74) is 3.64. The molecule has 1 atom stereocenters. The van der Waals surface area contributed by atoms with Crippen LogP contribution in [0.1, 0.15) is 40.9 Å². The summed E-state index contributed by atoms with van der Waals surface area (Å²) >= 11 is 6.91. The zero-order valence-electron chi connectivity index (χ0n) is 22.1. The SMILES string of the molecule is CCCCOC(=O)c1ccc(NC(=O)C(Sc2cccc(NC(=S)Nc3ccccc3)c2)c2ccccc2)cc1. The predicted molar refractivity (Wildman–Crippen MR) is 168 cm³/mol. The predicted octanol–water partition coefficient (Wildman–Crippen LogP) is 7.92. The fraction of sp³-hybridized carbons (Fsp3) is 0.156. The van der Waals surface area contributed by atoms with E-state index in [-0.39, 0.29) is 11.9 Å². The van der Waals surface area contributed by atoms with Crippen molar-refractivity contribution >= 4 is 58.0 Å². The van der Waals surface area contributed by atoms with Crippen LogP contribution in [0.4, 0.5) is 17.1 Å². The van der Waals surface area contributed by atoms with Crippen molar-refractivity contribution in [3.05, 3.63) is 120 Å². The number of thiocarbonyl (C=S) groups is 1. The molecule has 6 nitrogen and oxygen atoms in total. The maximum atomic E-state index is 13.5. The van der Waals surface area contributed by atoms with Crippen LogP contribution < -0.4 is 16.0 Å². The van der Waals surface area contributed by atoms with Gasteiger partial charge in [-0.3, -0.25) is 4.79 Å². The highest BCUT2D eigenvalue weighted by atomic mass is 32.2. The third kappa shape index (κ3) is 8.69. The number of nitrogens with one attached hydrogen (secondary N) is 3. The first-order valence-corrected chi connectivity index (χ1v) is 14.3. The molecule has 0 aliphatic heterocycles. The Hall–Kier alpha value is -4.14. The quantitative estimate of drug-likeness (QED) is 0.0733. The number of unbranched alkanes of at least 4 members (excludes halogenated alkanes) is 1. The zero-order valence-corrected chi connectivity index (χ0v) is 23.8. The van der Waals surface area contributed by atoms with Gasteiger partial charge in [0.2, 0.25) is 5.91 Å². The van der Waals surface area contributed by atoms with Crippen LogP contribution in [0, 0.1) is 0 Å². The summed E-state index contributed by atoms with van der Waals surface area (Å²) in [6.45, 7) is 2.44. The molecule has 0 spiro atoms. The van der Waals surface area contributed by atoms with E-state index >= 15 is 0 Å². The van der Waals surface area contributed by atoms with Gasteiger partial charge in [-0.15, -0.1) is 11.8 Å². The molecule has 204 valence electrons. The van der Waals surface area contributed by atoms with Crippen molar-refractivity contribution in [1.29, 1.82) is 0 Å². The molecule has 3 N–H and O–H groups in total. The van der Waals surface area contributed by atoms with Crippen LogP contribution in [0.3, 0.4) is 0 Å². The van der Waals surface area contributed by atoms with E-state index < -0.39 is 5.25 Å².